The second-order valence-electron chi connectivity index (χ2n) is 7.57. The fourth-order valence-corrected chi connectivity index (χ4v) is 4.64. The van der Waals surface area contributed by atoms with Gasteiger partial charge in [0.1, 0.15) is 5.76 Å². The van der Waals surface area contributed by atoms with Crippen LogP contribution in [0.2, 0.25) is 0 Å². The molecule has 5 nitrogen and oxygen atoms in total. The Labute approximate surface area is 166 Å². The molecule has 0 saturated carbocycles. The van der Waals surface area contributed by atoms with Gasteiger partial charge in [-0.25, -0.2) is 0 Å². The SMILES string of the molecule is Cc1noc(C)c1CSc1ccccc1C(=O)N1CCN(CC(C)C)CC1. The minimum atomic E-state index is 0.140. The van der Waals surface area contributed by atoms with E-state index in [1.165, 1.54) is 0 Å². The van der Waals surface area contributed by atoms with Gasteiger partial charge in [-0.1, -0.05) is 31.1 Å². The van der Waals surface area contributed by atoms with Crippen molar-refractivity contribution in [1.82, 2.24) is 15.0 Å². The van der Waals surface area contributed by atoms with Crippen molar-refractivity contribution in [2.24, 2.45) is 5.92 Å². The van der Waals surface area contributed by atoms with E-state index in [2.05, 4.69) is 23.9 Å². The quantitative estimate of drug-likeness (QED) is 0.701. The molecule has 0 spiro atoms. The average molecular weight is 388 g/mol. The summed E-state index contributed by atoms with van der Waals surface area (Å²) in [5, 5.41) is 4.02. The summed E-state index contributed by atoms with van der Waals surface area (Å²) in [5.74, 6) is 2.41. The number of aromatic nitrogens is 1. The zero-order chi connectivity index (χ0) is 19.4. The summed E-state index contributed by atoms with van der Waals surface area (Å²) >= 11 is 1.68. The second kappa shape index (κ2) is 8.93. The van der Waals surface area contributed by atoms with Crippen LogP contribution in [-0.2, 0) is 5.75 Å². The van der Waals surface area contributed by atoms with E-state index in [1.807, 2.05) is 43.0 Å². The fraction of sp³-hybridized carbons (Fsp3) is 0.524. The fourth-order valence-electron chi connectivity index (χ4n) is 3.45. The molecular weight excluding hydrogens is 358 g/mol. The van der Waals surface area contributed by atoms with E-state index in [0.29, 0.717) is 5.92 Å². The lowest BCUT2D eigenvalue weighted by Gasteiger charge is -2.35. The zero-order valence-electron chi connectivity index (χ0n) is 16.7. The summed E-state index contributed by atoms with van der Waals surface area (Å²) in [5.41, 5.74) is 2.83. The highest BCUT2D eigenvalue weighted by Crippen LogP contribution is 2.29. The zero-order valence-corrected chi connectivity index (χ0v) is 17.5. The van der Waals surface area contributed by atoms with Crippen molar-refractivity contribution in [2.75, 3.05) is 32.7 Å². The number of thioether (sulfide) groups is 1. The summed E-state index contributed by atoms with van der Waals surface area (Å²) in [6.07, 6.45) is 0. The highest BCUT2D eigenvalue weighted by Gasteiger charge is 2.24. The van der Waals surface area contributed by atoms with Crippen LogP contribution in [-0.4, -0.2) is 53.6 Å². The number of rotatable bonds is 6. The van der Waals surface area contributed by atoms with E-state index >= 15 is 0 Å². The molecule has 1 aliphatic heterocycles. The van der Waals surface area contributed by atoms with Gasteiger partial charge in [0.2, 0.25) is 0 Å². The highest BCUT2D eigenvalue weighted by molar-refractivity contribution is 7.98. The second-order valence-corrected chi connectivity index (χ2v) is 8.59. The molecule has 0 bridgehead atoms. The molecule has 0 radical (unpaired) electrons. The number of nitrogens with zero attached hydrogens (tertiary/aromatic N) is 3. The molecule has 1 aromatic heterocycles. The summed E-state index contributed by atoms with van der Waals surface area (Å²) in [6.45, 7) is 13.0. The molecule has 1 fully saturated rings. The Balaban J connectivity index is 1.66. The Bertz CT molecular complexity index is 760. The van der Waals surface area contributed by atoms with Gasteiger partial charge in [-0.15, -0.1) is 11.8 Å². The Kier molecular flexibility index (Phi) is 6.60. The number of hydrogen-bond donors (Lipinski definition) is 0. The van der Waals surface area contributed by atoms with Gasteiger partial charge < -0.3 is 9.42 Å². The first-order valence-electron chi connectivity index (χ1n) is 9.61. The Hall–Kier alpha value is -1.79. The van der Waals surface area contributed by atoms with Gasteiger partial charge in [0.05, 0.1) is 11.3 Å². The summed E-state index contributed by atoms with van der Waals surface area (Å²) in [7, 11) is 0. The lowest BCUT2D eigenvalue weighted by molar-refractivity contribution is 0.0620. The van der Waals surface area contributed by atoms with Crippen LogP contribution in [0.4, 0.5) is 0 Å². The predicted octanol–water partition coefficient (Wildman–Crippen LogP) is 4.00. The smallest absolute Gasteiger partial charge is 0.255 e. The molecule has 0 N–H and O–H groups in total. The largest absolute Gasteiger partial charge is 0.361 e. The molecule has 1 aromatic carbocycles. The van der Waals surface area contributed by atoms with Crippen LogP contribution in [0, 0.1) is 19.8 Å². The molecular formula is C21H29N3O2S. The molecule has 0 aliphatic carbocycles. The van der Waals surface area contributed by atoms with Crippen molar-refractivity contribution in [1.29, 1.82) is 0 Å². The minimum absolute atomic E-state index is 0.140. The summed E-state index contributed by atoms with van der Waals surface area (Å²) in [6, 6.07) is 7.92. The van der Waals surface area contributed by atoms with Crippen LogP contribution >= 0.6 is 11.8 Å². The van der Waals surface area contributed by atoms with Crippen molar-refractivity contribution >= 4 is 17.7 Å². The van der Waals surface area contributed by atoms with Gasteiger partial charge in [0, 0.05) is 48.9 Å². The van der Waals surface area contributed by atoms with Crippen LogP contribution in [0.25, 0.3) is 0 Å². The van der Waals surface area contributed by atoms with Crippen molar-refractivity contribution < 1.29 is 9.32 Å². The van der Waals surface area contributed by atoms with E-state index in [0.717, 1.165) is 66.0 Å². The van der Waals surface area contributed by atoms with Crippen molar-refractivity contribution in [2.45, 2.75) is 38.3 Å². The topological polar surface area (TPSA) is 49.6 Å². The molecule has 2 heterocycles. The van der Waals surface area contributed by atoms with Gasteiger partial charge in [0.25, 0.3) is 5.91 Å². The molecule has 0 atom stereocenters. The van der Waals surface area contributed by atoms with Crippen LogP contribution < -0.4 is 0 Å². The lowest BCUT2D eigenvalue weighted by Crippen LogP contribution is -2.49. The van der Waals surface area contributed by atoms with E-state index in [4.69, 9.17) is 4.52 Å². The Morgan fingerprint density at radius 3 is 2.52 bits per heavy atom. The number of hydrogen-bond acceptors (Lipinski definition) is 5. The molecule has 1 amide bonds. The number of amides is 1. The number of piperazine rings is 1. The standard InChI is InChI=1S/C21H29N3O2S/c1-15(2)13-23-9-11-24(12-10-23)21(25)18-7-5-6-8-20(18)27-14-19-16(3)22-26-17(19)4/h5-8,15H,9-14H2,1-4H3. The first-order chi connectivity index (χ1) is 13.0. The molecule has 0 unspecified atom stereocenters. The van der Waals surface area contributed by atoms with E-state index in [-0.39, 0.29) is 5.91 Å². The number of benzene rings is 1. The molecule has 146 valence electrons. The first-order valence-corrected chi connectivity index (χ1v) is 10.6. The number of carbonyl (C=O) groups excluding carboxylic acids is 1. The maximum Gasteiger partial charge on any atom is 0.255 e. The van der Waals surface area contributed by atoms with Gasteiger partial charge in [-0.05, 0) is 31.9 Å². The summed E-state index contributed by atoms with van der Waals surface area (Å²) < 4.78 is 5.25. The lowest BCUT2D eigenvalue weighted by atomic mass is 10.1. The van der Waals surface area contributed by atoms with E-state index < -0.39 is 0 Å². The molecule has 2 aromatic rings. The number of aryl methyl sites for hydroxylation is 2. The van der Waals surface area contributed by atoms with E-state index in [9.17, 15) is 4.79 Å². The third-order valence-corrected chi connectivity index (χ3v) is 6.05. The van der Waals surface area contributed by atoms with Gasteiger partial charge in [0.15, 0.2) is 0 Å². The monoisotopic (exact) mass is 387 g/mol. The highest BCUT2D eigenvalue weighted by atomic mass is 32.2. The van der Waals surface area contributed by atoms with Gasteiger partial charge in [-0.2, -0.15) is 0 Å². The van der Waals surface area contributed by atoms with Crippen LogP contribution in [0.5, 0.6) is 0 Å². The maximum atomic E-state index is 13.1. The van der Waals surface area contributed by atoms with Crippen LogP contribution in [0.15, 0.2) is 33.7 Å². The molecule has 6 heteroatoms. The van der Waals surface area contributed by atoms with Crippen molar-refractivity contribution in [3.8, 4) is 0 Å². The van der Waals surface area contributed by atoms with Crippen LogP contribution in [0.1, 0.15) is 41.2 Å². The third kappa shape index (κ3) is 4.93. The Morgan fingerprint density at radius 2 is 1.89 bits per heavy atom. The first kappa shape index (κ1) is 20.0. The minimum Gasteiger partial charge on any atom is -0.361 e. The Morgan fingerprint density at radius 1 is 1.19 bits per heavy atom. The van der Waals surface area contributed by atoms with E-state index in [1.54, 1.807) is 11.8 Å². The van der Waals surface area contributed by atoms with Crippen molar-refractivity contribution in [3.05, 3.63) is 46.8 Å². The predicted molar refractivity (Wildman–Crippen MR) is 109 cm³/mol. The maximum absolute atomic E-state index is 13.1. The van der Waals surface area contributed by atoms with Crippen LogP contribution in [0.3, 0.4) is 0 Å². The normalized spacial score (nSPS) is 15.5. The van der Waals surface area contributed by atoms with Gasteiger partial charge >= 0.3 is 0 Å². The number of carbonyl (C=O) groups is 1. The summed E-state index contributed by atoms with van der Waals surface area (Å²) in [4.78, 5) is 18.6. The van der Waals surface area contributed by atoms with Gasteiger partial charge in [-0.3, -0.25) is 9.69 Å². The molecule has 3 rings (SSSR count). The third-order valence-electron chi connectivity index (χ3n) is 4.95. The molecule has 1 saturated heterocycles. The molecule has 27 heavy (non-hydrogen) atoms. The molecule has 1 aliphatic rings. The average Bonchev–Trinajstić information content (AvgIpc) is 2.98. The van der Waals surface area contributed by atoms with Crippen molar-refractivity contribution in [3.63, 3.8) is 0 Å².